The van der Waals surface area contributed by atoms with E-state index in [-0.39, 0.29) is 11.7 Å². The highest BCUT2D eigenvalue weighted by atomic mass is 32.1. The second-order valence-electron chi connectivity index (χ2n) is 8.46. The summed E-state index contributed by atoms with van der Waals surface area (Å²) >= 11 is 2.85. The van der Waals surface area contributed by atoms with E-state index in [1.165, 1.54) is 16.9 Å². The van der Waals surface area contributed by atoms with Crippen molar-refractivity contribution in [3.05, 3.63) is 105 Å². The smallest absolute Gasteiger partial charge is 0.267 e. The van der Waals surface area contributed by atoms with Gasteiger partial charge in [0.05, 0.1) is 11.4 Å². The van der Waals surface area contributed by atoms with E-state index in [0.717, 1.165) is 31.9 Å². The number of nitrogens with two attached hydrogens (primary N) is 1. The van der Waals surface area contributed by atoms with E-state index >= 15 is 0 Å². The van der Waals surface area contributed by atoms with Crippen molar-refractivity contribution < 1.29 is 9.59 Å². The molecule has 36 heavy (non-hydrogen) atoms. The summed E-state index contributed by atoms with van der Waals surface area (Å²) in [5.41, 5.74) is 12.0. The Morgan fingerprint density at radius 3 is 2.44 bits per heavy atom. The van der Waals surface area contributed by atoms with Crippen LogP contribution in [0.15, 0.2) is 78.2 Å². The van der Waals surface area contributed by atoms with E-state index < -0.39 is 0 Å². The number of pyridine rings is 1. The number of rotatable bonds is 6. The lowest BCUT2D eigenvalue weighted by molar-refractivity contribution is 0.102. The van der Waals surface area contributed by atoms with Gasteiger partial charge in [-0.1, -0.05) is 35.9 Å². The molecule has 5 nitrogen and oxygen atoms in total. The maximum atomic E-state index is 13.0. The van der Waals surface area contributed by atoms with E-state index in [1.807, 2.05) is 49.6 Å². The Hall–Kier alpha value is -4.07. The number of hydrogen-bond donors (Lipinski definition) is 2. The summed E-state index contributed by atoms with van der Waals surface area (Å²) in [7, 11) is 0. The number of allylic oxidation sites excluding steroid dienone is 1. The molecule has 0 saturated heterocycles. The minimum atomic E-state index is -0.304. The number of carbonyl (C=O) groups is 2. The van der Waals surface area contributed by atoms with Gasteiger partial charge in [0, 0.05) is 27.1 Å². The van der Waals surface area contributed by atoms with Crippen LogP contribution in [0.5, 0.6) is 0 Å². The number of fused-ring (bicyclic) bond motifs is 1. The first-order valence-electron chi connectivity index (χ1n) is 11.3. The van der Waals surface area contributed by atoms with E-state index in [1.54, 1.807) is 47.8 Å². The molecular weight excluding hydrogens is 486 g/mol. The molecule has 3 aromatic heterocycles. The Morgan fingerprint density at radius 1 is 1.00 bits per heavy atom. The lowest BCUT2D eigenvalue weighted by Gasteiger charge is -2.06. The topological polar surface area (TPSA) is 85.1 Å². The molecule has 3 heterocycles. The molecule has 7 heteroatoms. The fourth-order valence-electron chi connectivity index (χ4n) is 3.86. The van der Waals surface area contributed by atoms with Crippen LogP contribution in [0, 0.1) is 13.8 Å². The van der Waals surface area contributed by atoms with Gasteiger partial charge in [-0.25, -0.2) is 4.98 Å². The summed E-state index contributed by atoms with van der Waals surface area (Å²) in [4.78, 5) is 32.4. The molecule has 3 N–H and O–H groups in total. The SMILES string of the molecule is Cc1ccc(-c2nc3sc(C(=O)Nc4ccc(C(=O)C=Cc5cccs5)cc4)c(N)c3cc2C)cc1. The number of aromatic nitrogens is 1. The number of nitrogens with one attached hydrogen (secondary N) is 1. The number of ketones is 1. The van der Waals surface area contributed by atoms with Crippen LogP contribution in [0.3, 0.4) is 0 Å². The second kappa shape index (κ2) is 9.89. The zero-order chi connectivity index (χ0) is 25.2. The van der Waals surface area contributed by atoms with Crippen LogP contribution in [-0.4, -0.2) is 16.7 Å². The van der Waals surface area contributed by atoms with Gasteiger partial charge in [0.2, 0.25) is 0 Å². The van der Waals surface area contributed by atoms with Crippen molar-refractivity contribution in [2.75, 3.05) is 11.1 Å². The van der Waals surface area contributed by atoms with Crippen molar-refractivity contribution in [3.8, 4) is 11.3 Å². The van der Waals surface area contributed by atoms with Gasteiger partial charge in [-0.15, -0.1) is 22.7 Å². The van der Waals surface area contributed by atoms with Crippen molar-refractivity contribution in [3.63, 3.8) is 0 Å². The van der Waals surface area contributed by atoms with Crippen molar-refractivity contribution in [1.29, 1.82) is 0 Å². The molecule has 0 atom stereocenters. The van der Waals surface area contributed by atoms with E-state index in [2.05, 4.69) is 17.4 Å². The van der Waals surface area contributed by atoms with Gasteiger partial charge in [-0.2, -0.15) is 0 Å². The number of benzene rings is 2. The fraction of sp³-hybridized carbons (Fsp3) is 0.0690. The number of thiophene rings is 2. The molecule has 0 unspecified atom stereocenters. The zero-order valence-corrected chi connectivity index (χ0v) is 21.4. The Balaban J connectivity index is 1.35. The third-order valence-electron chi connectivity index (χ3n) is 5.81. The minimum Gasteiger partial charge on any atom is -0.397 e. The summed E-state index contributed by atoms with van der Waals surface area (Å²) in [5.74, 6) is -0.400. The Bertz CT molecular complexity index is 1600. The third kappa shape index (κ3) is 4.84. The number of anilines is 2. The molecule has 5 aromatic rings. The summed E-state index contributed by atoms with van der Waals surface area (Å²) in [6.45, 7) is 4.05. The maximum Gasteiger partial charge on any atom is 0.267 e. The number of nitrogens with zero attached hydrogens (tertiary/aromatic N) is 1. The zero-order valence-electron chi connectivity index (χ0n) is 19.7. The van der Waals surface area contributed by atoms with Gasteiger partial charge >= 0.3 is 0 Å². The number of nitrogen functional groups attached to an aromatic ring is 1. The molecule has 0 spiro atoms. The average Bonchev–Trinajstić information content (AvgIpc) is 3.51. The lowest BCUT2D eigenvalue weighted by atomic mass is 10.0. The van der Waals surface area contributed by atoms with Crippen molar-refractivity contribution in [1.82, 2.24) is 4.98 Å². The molecule has 178 valence electrons. The Morgan fingerprint density at radius 2 is 1.75 bits per heavy atom. The first-order valence-corrected chi connectivity index (χ1v) is 13.0. The minimum absolute atomic E-state index is 0.0964. The van der Waals surface area contributed by atoms with Crippen molar-refractivity contribution >= 4 is 62.0 Å². The average molecular weight is 510 g/mol. The number of carbonyl (C=O) groups excluding carboxylic acids is 2. The summed E-state index contributed by atoms with van der Waals surface area (Å²) in [5, 5.41) is 5.62. The molecule has 0 saturated carbocycles. The van der Waals surface area contributed by atoms with Crippen LogP contribution in [0.4, 0.5) is 11.4 Å². The molecule has 5 rings (SSSR count). The molecule has 0 aliphatic rings. The summed E-state index contributed by atoms with van der Waals surface area (Å²) < 4.78 is 0. The number of hydrogen-bond acceptors (Lipinski definition) is 6. The molecule has 2 aromatic carbocycles. The Kier molecular flexibility index (Phi) is 6.50. The normalized spacial score (nSPS) is 11.3. The molecule has 0 aliphatic heterocycles. The van der Waals surface area contributed by atoms with Crippen LogP contribution < -0.4 is 11.1 Å². The van der Waals surface area contributed by atoms with Crippen molar-refractivity contribution in [2.45, 2.75) is 13.8 Å². The van der Waals surface area contributed by atoms with Gasteiger partial charge in [0.15, 0.2) is 5.78 Å². The quantitative estimate of drug-likeness (QED) is 0.185. The predicted molar refractivity (Wildman–Crippen MR) is 151 cm³/mol. The molecule has 1 amide bonds. The largest absolute Gasteiger partial charge is 0.397 e. The first kappa shape index (κ1) is 23.7. The summed E-state index contributed by atoms with van der Waals surface area (Å²) in [6.07, 6.45) is 3.35. The Labute approximate surface area is 216 Å². The van der Waals surface area contributed by atoms with Crippen molar-refractivity contribution in [2.24, 2.45) is 0 Å². The van der Waals surface area contributed by atoms with Gasteiger partial charge in [0.25, 0.3) is 5.91 Å². The molecule has 0 fully saturated rings. The van der Waals surface area contributed by atoms with Crippen LogP contribution in [0.25, 0.3) is 27.6 Å². The molecule has 0 radical (unpaired) electrons. The fourth-order valence-corrected chi connectivity index (χ4v) is 5.45. The second-order valence-corrected chi connectivity index (χ2v) is 10.4. The van der Waals surface area contributed by atoms with E-state index in [9.17, 15) is 9.59 Å². The molecule has 0 bridgehead atoms. The summed E-state index contributed by atoms with van der Waals surface area (Å²) in [6, 6.07) is 20.9. The number of amides is 1. The highest BCUT2D eigenvalue weighted by molar-refractivity contribution is 7.21. The van der Waals surface area contributed by atoms with E-state index in [4.69, 9.17) is 10.7 Å². The third-order valence-corrected chi connectivity index (χ3v) is 7.76. The molecule has 0 aliphatic carbocycles. The van der Waals surface area contributed by atoms with Gasteiger partial charge in [-0.05, 0) is 73.3 Å². The van der Waals surface area contributed by atoms with Crippen LogP contribution >= 0.6 is 22.7 Å². The van der Waals surface area contributed by atoms with Crippen LogP contribution in [-0.2, 0) is 0 Å². The predicted octanol–water partition coefficient (Wildman–Crippen LogP) is 7.37. The highest BCUT2D eigenvalue weighted by Crippen LogP contribution is 2.36. The maximum absolute atomic E-state index is 13.0. The van der Waals surface area contributed by atoms with Crippen LogP contribution in [0.2, 0.25) is 0 Å². The first-order chi connectivity index (χ1) is 17.4. The van der Waals surface area contributed by atoms with Crippen LogP contribution in [0.1, 0.15) is 36.0 Å². The standard InChI is InChI=1S/C29H23N3O2S2/c1-17-5-7-20(8-6-17)26-18(2)16-23-25(30)27(36-29(23)32-26)28(34)31-21-11-9-19(10-12-21)24(33)14-13-22-4-3-15-35-22/h3-16H,30H2,1-2H3,(H,31,34). The highest BCUT2D eigenvalue weighted by Gasteiger charge is 2.19. The van der Waals surface area contributed by atoms with E-state index in [0.29, 0.717) is 21.8 Å². The molecular formula is C29H23N3O2S2. The monoisotopic (exact) mass is 509 g/mol. The lowest BCUT2D eigenvalue weighted by Crippen LogP contribution is -2.12. The van der Waals surface area contributed by atoms with Gasteiger partial charge < -0.3 is 11.1 Å². The van der Waals surface area contributed by atoms with Gasteiger partial charge in [0.1, 0.15) is 9.71 Å². The number of aryl methyl sites for hydroxylation is 2. The van der Waals surface area contributed by atoms with Gasteiger partial charge in [-0.3, -0.25) is 9.59 Å².